The molecular formula is C28H46BN5O5. The first-order valence-corrected chi connectivity index (χ1v) is 14.3. The molecule has 3 fully saturated rings. The first kappa shape index (κ1) is 29.6. The van der Waals surface area contributed by atoms with Gasteiger partial charge in [-0.25, -0.2) is 14.8 Å². The smallest absolute Gasteiger partial charge is 0.444 e. The van der Waals surface area contributed by atoms with Crippen molar-refractivity contribution in [1.29, 1.82) is 0 Å². The summed E-state index contributed by atoms with van der Waals surface area (Å²) < 4.78 is 17.7. The Balaban J connectivity index is 1.45. The summed E-state index contributed by atoms with van der Waals surface area (Å²) >= 11 is 0. The van der Waals surface area contributed by atoms with Crippen molar-refractivity contribution in [3.8, 4) is 0 Å². The third-order valence-corrected chi connectivity index (χ3v) is 8.06. The van der Waals surface area contributed by atoms with E-state index in [-0.39, 0.29) is 17.9 Å². The van der Waals surface area contributed by atoms with Gasteiger partial charge in [-0.15, -0.1) is 0 Å². The molecule has 2 aliphatic heterocycles. The molecular weight excluding hydrogens is 497 g/mol. The number of ether oxygens (including phenoxy) is 1. The van der Waals surface area contributed by atoms with Crippen LogP contribution in [0.15, 0.2) is 12.4 Å². The zero-order chi connectivity index (χ0) is 28.8. The summed E-state index contributed by atoms with van der Waals surface area (Å²) in [5.41, 5.74) is -0.698. The molecule has 4 rings (SSSR count). The predicted molar refractivity (Wildman–Crippen MR) is 151 cm³/mol. The maximum absolute atomic E-state index is 13.6. The first-order chi connectivity index (χ1) is 18.1. The lowest BCUT2D eigenvalue weighted by molar-refractivity contribution is -0.135. The number of rotatable bonds is 7. The molecule has 216 valence electrons. The Kier molecular flexibility index (Phi) is 8.25. The van der Waals surface area contributed by atoms with E-state index in [0.717, 1.165) is 31.1 Å². The molecule has 0 radical (unpaired) electrons. The number of nitrogens with one attached hydrogen (secondary N) is 1. The monoisotopic (exact) mass is 543 g/mol. The Labute approximate surface area is 233 Å². The molecule has 3 heterocycles. The summed E-state index contributed by atoms with van der Waals surface area (Å²) in [5.74, 6) is 0.522. The molecule has 2 amide bonds. The molecule has 1 aliphatic carbocycles. The highest BCUT2D eigenvalue weighted by Gasteiger charge is 2.52. The summed E-state index contributed by atoms with van der Waals surface area (Å²) in [6, 6.07) is -0.177. The van der Waals surface area contributed by atoms with Gasteiger partial charge in [0.2, 0.25) is 11.9 Å². The van der Waals surface area contributed by atoms with Crippen LogP contribution in [0.5, 0.6) is 0 Å². The predicted octanol–water partition coefficient (Wildman–Crippen LogP) is 3.28. The molecule has 39 heavy (non-hydrogen) atoms. The average Bonchev–Trinajstić information content (AvgIpc) is 3.62. The number of carbonyl (C=O) groups is 2. The number of alkyl carbamates (subject to hydrolysis) is 1. The molecule has 10 nitrogen and oxygen atoms in total. The van der Waals surface area contributed by atoms with Crippen LogP contribution in [0.3, 0.4) is 0 Å². The molecule has 1 N–H and O–H groups in total. The van der Waals surface area contributed by atoms with Crippen LogP contribution in [0.25, 0.3) is 0 Å². The highest BCUT2D eigenvalue weighted by molar-refractivity contribution is 6.61. The molecule has 0 unspecified atom stereocenters. The van der Waals surface area contributed by atoms with Gasteiger partial charge in [0, 0.05) is 43.0 Å². The van der Waals surface area contributed by atoms with Crippen LogP contribution < -0.4 is 15.7 Å². The van der Waals surface area contributed by atoms with Gasteiger partial charge in [-0.1, -0.05) is 13.8 Å². The number of anilines is 1. The maximum atomic E-state index is 13.6. The maximum Gasteiger partial charge on any atom is 0.498 e. The molecule has 0 aromatic carbocycles. The van der Waals surface area contributed by atoms with Gasteiger partial charge in [-0.2, -0.15) is 0 Å². The number of aromatic nitrogens is 2. The fraction of sp³-hybridized carbons (Fsp3) is 0.786. The van der Waals surface area contributed by atoms with Crippen molar-refractivity contribution in [2.75, 3.05) is 18.0 Å². The second-order valence-corrected chi connectivity index (χ2v) is 13.5. The van der Waals surface area contributed by atoms with Crippen molar-refractivity contribution in [1.82, 2.24) is 20.2 Å². The molecule has 2 saturated heterocycles. The second kappa shape index (κ2) is 10.9. The number of amides is 2. The molecule has 1 aromatic heterocycles. The van der Waals surface area contributed by atoms with Crippen molar-refractivity contribution < 1.29 is 23.6 Å². The number of carbonyl (C=O) groups excluding carboxylic acids is 2. The number of likely N-dealkylation sites (tertiary alicyclic amines) is 1. The molecule has 0 spiro atoms. The summed E-state index contributed by atoms with van der Waals surface area (Å²) in [5, 5.41) is 2.81. The van der Waals surface area contributed by atoms with Gasteiger partial charge in [0.15, 0.2) is 0 Å². The second-order valence-electron chi connectivity index (χ2n) is 13.5. The van der Waals surface area contributed by atoms with Crippen LogP contribution >= 0.6 is 0 Å². The third-order valence-electron chi connectivity index (χ3n) is 8.06. The lowest BCUT2D eigenvalue weighted by Crippen LogP contribution is -2.57. The number of hydrogen-bond acceptors (Lipinski definition) is 8. The quantitative estimate of drug-likeness (QED) is 0.523. The van der Waals surface area contributed by atoms with E-state index >= 15 is 0 Å². The SMILES string of the molecule is CC(C)[C@H](NC(=O)OC(C)(C)C)C(=O)N1CCC[C@@H](N(c2ncc(B3OC(C)(C)C(C)(C)O3)cn2)C2CC2)C1. The summed E-state index contributed by atoms with van der Waals surface area (Å²) in [6.07, 6.45) is 7.02. The van der Waals surface area contributed by atoms with E-state index in [2.05, 4.69) is 10.2 Å². The Morgan fingerprint density at radius 2 is 1.67 bits per heavy atom. The van der Waals surface area contributed by atoms with Crippen molar-refractivity contribution in [2.24, 2.45) is 5.92 Å². The zero-order valence-electron chi connectivity index (χ0n) is 25.1. The van der Waals surface area contributed by atoms with Gasteiger partial charge in [-0.05, 0) is 80.1 Å². The van der Waals surface area contributed by atoms with Crippen molar-refractivity contribution >= 4 is 30.5 Å². The molecule has 2 atom stereocenters. The van der Waals surface area contributed by atoms with Gasteiger partial charge in [-0.3, -0.25) is 4.79 Å². The lowest BCUT2D eigenvalue weighted by atomic mass is 9.81. The van der Waals surface area contributed by atoms with Crippen molar-refractivity contribution in [3.05, 3.63) is 12.4 Å². The Bertz CT molecular complexity index is 1020. The minimum atomic E-state index is -0.650. The van der Waals surface area contributed by atoms with E-state index in [1.807, 2.05) is 67.2 Å². The van der Waals surface area contributed by atoms with E-state index in [1.165, 1.54) is 0 Å². The van der Waals surface area contributed by atoms with Crippen LogP contribution in [-0.2, 0) is 18.8 Å². The fourth-order valence-corrected chi connectivity index (χ4v) is 5.07. The Morgan fingerprint density at radius 3 is 2.18 bits per heavy atom. The van der Waals surface area contributed by atoms with Crippen LogP contribution in [0.4, 0.5) is 10.7 Å². The topological polar surface area (TPSA) is 106 Å². The van der Waals surface area contributed by atoms with E-state index in [0.29, 0.717) is 25.1 Å². The lowest BCUT2D eigenvalue weighted by Gasteiger charge is -2.41. The van der Waals surface area contributed by atoms with Crippen molar-refractivity contribution in [2.45, 2.75) is 123 Å². The molecule has 1 aromatic rings. The van der Waals surface area contributed by atoms with Gasteiger partial charge in [0.25, 0.3) is 0 Å². The zero-order valence-corrected chi connectivity index (χ0v) is 25.1. The van der Waals surface area contributed by atoms with Crippen LogP contribution in [0.1, 0.15) is 88.0 Å². The van der Waals surface area contributed by atoms with Crippen LogP contribution in [0.2, 0.25) is 0 Å². The third kappa shape index (κ3) is 6.85. The Morgan fingerprint density at radius 1 is 1.08 bits per heavy atom. The number of piperidine rings is 1. The standard InChI is InChI=1S/C28H46BN5O5/c1-18(2)22(32-25(36)37-26(3,4)5)23(35)33-14-10-11-21(17-33)34(20-12-13-20)24-30-15-19(16-31-24)29-38-27(6,7)28(8,9)39-29/h15-16,18,20-22H,10-14,17H2,1-9H3,(H,32,36)/t21-,22+/m1/s1. The van der Waals surface area contributed by atoms with Gasteiger partial charge >= 0.3 is 13.2 Å². The fourth-order valence-electron chi connectivity index (χ4n) is 5.07. The molecule has 1 saturated carbocycles. The summed E-state index contributed by atoms with van der Waals surface area (Å²) in [7, 11) is -0.508. The van der Waals surface area contributed by atoms with Gasteiger partial charge in [0.05, 0.1) is 11.2 Å². The summed E-state index contributed by atoms with van der Waals surface area (Å²) in [6.45, 7) is 18.6. The Hall–Kier alpha value is -2.40. The van der Waals surface area contributed by atoms with Crippen LogP contribution in [0, 0.1) is 5.92 Å². The largest absolute Gasteiger partial charge is 0.498 e. The van der Waals surface area contributed by atoms with Crippen molar-refractivity contribution in [3.63, 3.8) is 0 Å². The minimum absolute atomic E-state index is 0.0733. The van der Waals surface area contributed by atoms with E-state index in [9.17, 15) is 9.59 Å². The van der Waals surface area contributed by atoms with E-state index in [4.69, 9.17) is 24.0 Å². The first-order valence-electron chi connectivity index (χ1n) is 14.3. The molecule has 0 bridgehead atoms. The van der Waals surface area contributed by atoms with Gasteiger partial charge in [0.1, 0.15) is 11.6 Å². The average molecular weight is 544 g/mol. The van der Waals surface area contributed by atoms with Gasteiger partial charge < -0.3 is 29.2 Å². The normalized spacial score (nSPS) is 23.5. The molecule has 3 aliphatic rings. The highest BCUT2D eigenvalue weighted by atomic mass is 16.7. The molecule has 11 heteroatoms. The number of hydrogen-bond donors (Lipinski definition) is 1. The van der Waals surface area contributed by atoms with Crippen LogP contribution in [-0.4, -0.2) is 82.0 Å². The minimum Gasteiger partial charge on any atom is -0.444 e. The summed E-state index contributed by atoms with van der Waals surface area (Å²) in [4.78, 5) is 39.7. The van der Waals surface area contributed by atoms with E-state index in [1.54, 1.807) is 12.4 Å². The highest BCUT2D eigenvalue weighted by Crippen LogP contribution is 2.37. The van der Waals surface area contributed by atoms with E-state index < -0.39 is 36.1 Å². The number of nitrogens with zero attached hydrogens (tertiary/aromatic N) is 4.